The van der Waals surface area contributed by atoms with Crippen LogP contribution in [0.25, 0.3) is 94.3 Å². The van der Waals surface area contributed by atoms with E-state index in [4.69, 9.17) is 0 Å². The number of hydrogen-bond donors (Lipinski definition) is 0. The Balaban J connectivity index is 0.965. The minimum absolute atomic E-state index is 0.440. The number of hydrogen-bond acceptors (Lipinski definition) is 1. The molecule has 350 valence electrons. The zero-order chi connectivity index (χ0) is 49.5. The molecule has 2 nitrogen and oxygen atoms in total. The summed E-state index contributed by atoms with van der Waals surface area (Å²) in [5.74, 6) is 0. The Morgan fingerprint density at radius 2 is 0.747 bits per heavy atom. The maximum atomic E-state index is 2.51. The Kier molecular flexibility index (Phi) is 9.83. The van der Waals surface area contributed by atoms with Gasteiger partial charge >= 0.3 is 0 Å². The number of fused-ring (bicyclic) bond motifs is 13. The van der Waals surface area contributed by atoms with Gasteiger partial charge in [-0.05, 0) is 138 Å². The van der Waals surface area contributed by atoms with Gasteiger partial charge in [-0.1, -0.05) is 237 Å². The van der Waals surface area contributed by atoms with E-state index in [0.29, 0.717) is 0 Å². The van der Waals surface area contributed by atoms with E-state index in [1.165, 1.54) is 105 Å². The zero-order valence-electron chi connectivity index (χ0n) is 41.1. The van der Waals surface area contributed by atoms with Crippen LogP contribution in [0.15, 0.2) is 291 Å². The lowest BCUT2D eigenvalue weighted by atomic mass is 9.70. The van der Waals surface area contributed by atoms with Crippen LogP contribution in [-0.2, 0) is 5.41 Å². The van der Waals surface area contributed by atoms with Gasteiger partial charge in [0.1, 0.15) is 0 Å². The molecule has 2 aliphatic carbocycles. The lowest BCUT2D eigenvalue weighted by Gasteiger charge is -2.32. The third-order valence-electron chi connectivity index (χ3n) is 16.0. The summed E-state index contributed by atoms with van der Waals surface area (Å²) in [5.41, 5.74) is 26.2. The summed E-state index contributed by atoms with van der Waals surface area (Å²) in [6.07, 6.45) is 0. The molecule has 0 saturated heterocycles. The largest absolute Gasteiger partial charge is 0.310 e. The normalized spacial score (nSPS) is 12.6. The molecule has 2 aliphatic rings. The molecule has 1 heterocycles. The summed E-state index contributed by atoms with van der Waals surface area (Å²) in [6.45, 7) is 0. The van der Waals surface area contributed by atoms with Gasteiger partial charge in [0.05, 0.1) is 22.1 Å². The molecule has 0 aliphatic heterocycles. The second-order valence-corrected chi connectivity index (χ2v) is 19.9. The third-order valence-corrected chi connectivity index (χ3v) is 16.0. The Morgan fingerprint density at radius 1 is 0.267 bits per heavy atom. The fourth-order valence-electron chi connectivity index (χ4n) is 12.9. The molecule has 1 aromatic heterocycles. The fourth-order valence-corrected chi connectivity index (χ4v) is 12.9. The van der Waals surface area contributed by atoms with Gasteiger partial charge in [-0.25, -0.2) is 0 Å². The molecular weight excluding hydrogens is 905 g/mol. The fraction of sp³-hybridized carbons (Fsp3) is 0.0137. The SMILES string of the molecule is c1ccc(-c2ccccc2-c2c(-c3ccccc3)cccc2N(c2ccc(-c3ccc4c5ccccc5n(-c5ccccc5)c4c3)cc2)c2ccc3c(c2)-c2ccccc2C32c3ccccc3-c3ccccc32)cc1. The van der Waals surface area contributed by atoms with E-state index < -0.39 is 5.41 Å². The first-order chi connectivity index (χ1) is 37.2. The molecule has 15 rings (SSSR count). The molecule has 0 amide bonds. The summed E-state index contributed by atoms with van der Waals surface area (Å²) >= 11 is 0. The first-order valence-corrected chi connectivity index (χ1v) is 26.0. The highest BCUT2D eigenvalue weighted by molar-refractivity contribution is 6.10. The van der Waals surface area contributed by atoms with Crippen LogP contribution >= 0.6 is 0 Å². The number of nitrogens with zero attached hydrogens (tertiary/aromatic N) is 2. The first-order valence-electron chi connectivity index (χ1n) is 26.0. The number of benzene rings is 12. The van der Waals surface area contributed by atoms with Crippen LogP contribution in [0.3, 0.4) is 0 Å². The van der Waals surface area contributed by atoms with Gasteiger partial charge in [0.25, 0.3) is 0 Å². The molecule has 0 radical (unpaired) electrons. The number of anilines is 3. The van der Waals surface area contributed by atoms with Gasteiger partial charge in [-0.2, -0.15) is 0 Å². The molecule has 0 unspecified atom stereocenters. The van der Waals surface area contributed by atoms with Crippen LogP contribution in [0, 0.1) is 0 Å². The highest BCUT2D eigenvalue weighted by atomic mass is 15.1. The maximum Gasteiger partial charge on any atom is 0.0725 e. The van der Waals surface area contributed by atoms with Crippen molar-refractivity contribution in [2.75, 3.05) is 4.90 Å². The van der Waals surface area contributed by atoms with E-state index in [0.717, 1.165) is 28.3 Å². The maximum absolute atomic E-state index is 2.51. The molecule has 75 heavy (non-hydrogen) atoms. The lowest BCUT2D eigenvalue weighted by Crippen LogP contribution is -2.25. The molecular formula is C73H48N2. The van der Waals surface area contributed by atoms with Gasteiger partial charge in [0, 0.05) is 33.4 Å². The van der Waals surface area contributed by atoms with Crippen molar-refractivity contribution in [1.82, 2.24) is 4.57 Å². The second-order valence-electron chi connectivity index (χ2n) is 19.9. The van der Waals surface area contributed by atoms with Crippen LogP contribution in [-0.4, -0.2) is 4.57 Å². The van der Waals surface area contributed by atoms with Crippen LogP contribution in [0.1, 0.15) is 22.3 Å². The molecule has 13 aromatic rings. The Labute approximate surface area is 437 Å². The summed E-state index contributed by atoms with van der Waals surface area (Å²) in [6, 6.07) is 108. The van der Waals surface area contributed by atoms with E-state index in [9.17, 15) is 0 Å². The Bertz CT molecular complexity index is 4290. The summed E-state index contributed by atoms with van der Waals surface area (Å²) in [4.78, 5) is 2.51. The van der Waals surface area contributed by atoms with Crippen molar-refractivity contribution < 1.29 is 0 Å². The van der Waals surface area contributed by atoms with Gasteiger partial charge < -0.3 is 9.47 Å². The van der Waals surface area contributed by atoms with Crippen LogP contribution in [0.2, 0.25) is 0 Å². The zero-order valence-corrected chi connectivity index (χ0v) is 41.1. The van der Waals surface area contributed by atoms with Crippen molar-refractivity contribution in [3.8, 4) is 72.4 Å². The highest BCUT2D eigenvalue weighted by Crippen LogP contribution is 2.63. The number of aromatic nitrogens is 1. The first kappa shape index (κ1) is 42.9. The van der Waals surface area contributed by atoms with E-state index in [1.807, 2.05) is 0 Å². The second kappa shape index (κ2) is 17.2. The third kappa shape index (κ3) is 6.53. The van der Waals surface area contributed by atoms with E-state index in [1.54, 1.807) is 0 Å². The Morgan fingerprint density at radius 3 is 1.41 bits per heavy atom. The van der Waals surface area contributed by atoms with Gasteiger partial charge in [-0.15, -0.1) is 0 Å². The van der Waals surface area contributed by atoms with E-state index in [2.05, 4.69) is 301 Å². The van der Waals surface area contributed by atoms with Crippen LogP contribution in [0.4, 0.5) is 17.1 Å². The van der Waals surface area contributed by atoms with E-state index >= 15 is 0 Å². The minimum atomic E-state index is -0.440. The van der Waals surface area contributed by atoms with Gasteiger partial charge in [0.2, 0.25) is 0 Å². The van der Waals surface area contributed by atoms with Gasteiger partial charge in [0.15, 0.2) is 0 Å². The van der Waals surface area contributed by atoms with Crippen LogP contribution in [0.5, 0.6) is 0 Å². The molecule has 0 saturated carbocycles. The predicted molar refractivity (Wildman–Crippen MR) is 314 cm³/mol. The smallest absolute Gasteiger partial charge is 0.0725 e. The summed E-state index contributed by atoms with van der Waals surface area (Å²) in [5, 5.41) is 2.49. The molecule has 0 bridgehead atoms. The predicted octanol–water partition coefficient (Wildman–Crippen LogP) is 19.3. The molecule has 2 heteroatoms. The number of rotatable bonds is 8. The van der Waals surface area contributed by atoms with Gasteiger partial charge in [-0.3, -0.25) is 0 Å². The van der Waals surface area contributed by atoms with Crippen molar-refractivity contribution in [3.63, 3.8) is 0 Å². The molecule has 0 fully saturated rings. The van der Waals surface area contributed by atoms with Crippen molar-refractivity contribution in [3.05, 3.63) is 313 Å². The topological polar surface area (TPSA) is 8.17 Å². The average Bonchev–Trinajstić information content (AvgIpc) is 4.17. The van der Waals surface area contributed by atoms with E-state index in [-0.39, 0.29) is 0 Å². The van der Waals surface area contributed by atoms with Crippen molar-refractivity contribution in [1.29, 1.82) is 0 Å². The molecule has 0 atom stereocenters. The Hall–Kier alpha value is -9.76. The highest BCUT2D eigenvalue weighted by Gasteiger charge is 2.51. The molecule has 1 spiro atoms. The summed E-state index contributed by atoms with van der Waals surface area (Å²) < 4.78 is 2.40. The van der Waals surface area contributed by atoms with Crippen molar-refractivity contribution in [2.45, 2.75) is 5.41 Å². The monoisotopic (exact) mass is 952 g/mol. The molecule has 0 N–H and O–H groups in total. The van der Waals surface area contributed by atoms with Crippen LogP contribution < -0.4 is 4.90 Å². The quantitative estimate of drug-likeness (QED) is 0.147. The summed E-state index contributed by atoms with van der Waals surface area (Å²) in [7, 11) is 0. The van der Waals surface area contributed by atoms with Crippen molar-refractivity contribution >= 4 is 38.9 Å². The average molecular weight is 953 g/mol. The minimum Gasteiger partial charge on any atom is -0.310 e. The number of para-hydroxylation sites is 2. The lowest BCUT2D eigenvalue weighted by molar-refractivity contribution is 0.794. The van der Waals surface area contributed by atoms with Crippen molar-refractivity contribution in [2.24, 2.45) is 0 Å². The standard InChI is InChI=1S/C73H48N2/c1-4-21-50(22-5-1)56-27-10-11-32-63(56)72-57(51-23-6-2-7-24-51)33-20-38-70(72)74(54-42-39-49(40-43-54)52-41-45-62-61-31-15-19-37-69(61)75(71(62)47-52)53-25-8-3-9-26-53)55-44-46-68-64(48-55)60-30-14-18-36-67(60)73(68)65-34-16-12-28-58(65)59-29-13-17-35-66(59)73/h1-48H. The molecule has 12 aromatic carbocycles.